The van der Waals surface area contributed by atoms with Crippen molar-refractivity contribution in [2.45, 2.75) is 109 Å². The molecule has 2 aliphatic rings. The van der Waals surface area contributed by atoms with Crippen LogP contribution in [-0.2, 0) is 0 Å². The van der Waals surface area contributed by atoms with E-state index in [1.807, 2.05) is 0 Å². The van der Waals surface area contributed by atoms with Gasteiger partial charge in [-0.2, -0.15) is 0 Å². The van der Waals surface area contributed by atoms with Gasteiger partial charge in [0.25, 0.3) is 0 Å². The van der Waals surface area contributed by atoms with Crippen molar-refractivity contribution in [3.8, 4) is 0 Å². The van der Waals surface area contributed by atoms with Gasteiger partial charge in [-0.3, -0.25) is 4.99 Å². The molecule has 2 heteroatoms. The van der Waals surface area contributed by atoms with Crippen LogP contribution < -0.4 is 0 Å². The molecule has 2 heterocycles. The summed E-state index contributed by atoms with van der Waals surface area (Å²) in [6.07, 6.45) is 20.9. The molecule has 1 saturated heterocycles. The highest BCUT2D eigenvalue weighted by Crippen LogP contribution is 2.24. The maximum Gasteiger partial charge on any atom is 0.0991 e. The standard InChI is InChI=1S/C20H38N2/c1-2-3-4-6-9-14-19-15-10-7-5-8-12-17-21-20-16-11-13-18-22(19)20/h19H,2-18H2,1H3/b21-20-. The van der Waals surface area contributed by atoms with E-state index >= 15 is 0 Å². The fraction of sp³-hybridized carbons (Fsp3) is 0.950. The van der Waals surface area contributed by atoms with Crippen molar-refractivity contribution in [1.29, 1.82) is 0 Å². The Hall–Kier alpha value is -0.530. The lowest BCUT2D eigenvalue weighted by Gasteiger charge is -2.38. The number of aliphatic imine (C=N–C) groups is 1. The Labute approximate surface area is 138 Å². The first-order chi connectivity index (χ1) is 10.9. The third-order valence-electron chi connectivity index (χ3n) is 5.45. The van der Waals surface area contributed by atoms with E-state index in [4.69, 9.17) is 4.99 Å². The normalized spacial score (nSPS) is 26.7. The maximum absolute atomic E-state index is 5.00. The second-order valence-corrected chi connectivity index (χ2v) is 7.36. The minimum atomic E-state index is 0.791. The molecule has 0 saturated carbocycles. The third-order valence-corrected chi connectivity index (χ3v) is 5.45. The van der Waals surface area contributed by atoms with Crippen molar-refractivity contribution in [1.82, 2.24) is 4.90 Å². The van der Waals surface area contributed by atoms with Crippen LogP contribution in [0.5, 0.6) is 0 Å². The smallest absolute Gasteiger partial charge is 0.0991 e. The van der Waals surface area contributed by atoms with E-state index in [0.717, 1.165) is 12.6 Å². The molecule has 0 aromatic carbocycles. The van der Waals surface area contributed by atoms with Gasteiger partial charge in [-0.05, 0) is 32.1 Å². The molecule has 0 spiro atoms. The molecular formula is C20H38N2. The minimum absolute atomic E-state index is 0.791. The van der Waals surface area contributed by atoms with Crippen molar-refractivity contribution in [2.75, 3.05) is 13.1 Å². The lowest BCUT2D eigenvalue weighted by atomic mass is 9.97. The van der Waals surface area contributed by atoms with Gasteiger partial charge in [0.15, 0.2) is 0 Å². The van der Waals surface area contributed by atoms with Crippen molar-refractivity contribution in [3.05, 3.63) is 0 Å². The summed E-state index contributed by atoms with van der Waals surface area (Å²) in [5.74, 6) is 1.46. The van der Waals surface area contributed by atoms with Gasteiger partial charge >= 0.3 is 0 Å². The van der Waals surface area contributed by atoms with Crippen LogP contribution in [0.4, 0.5) is 0 Å². The first-order valence-electron chi connectivity index (χ1n) is 10.2. The molecule has 128 valence electrons. The number of piperidine rings is 1. The average molecular weight is 307 g/mol. The van der Waals surface area contributed by atoms with Crippen molar-refractivity contribution in [3.63, 3.8) is 0 Å². The highest BCUT2D eigenvalue weighted by Gasteiger charge is 2.24. The summed E-state index contributed by atoms with van der Waals surface area (Å²) in [6.45, 7) is 4.66. The summed E-state index contributed by atoms with van der Waals surface area (Å²) < 4.78 is 0. The van der Waals surface area contributed by atoms with E-state index in [1.165, 1.54) is 109 Å². The van der Waals surface area contributed by atoms with Crippen LogP contribution in [0.1, 0.15) is 103 Å². The predicted molar refractivity (Wildman–Crippen MR) is 97.7 cm³/mol. The van der Waals surface area contributed by atoms with Crippen molar-refractivity contribution in [2.24, 2.45) is 4.99 Å². The molecule has 0 aliphatic carbocycles. The zero-order valence-electron chi connectivity index (χ0n) is 15.0. The largest absolute Gasteiger partial charge is 0.357 e. The molecule has 0 amide bonds. The van der Waals surface area contributed by atoms with Gasteiger partial charge in [0.05, 0.1) is 5.84 Å². The van der Waals surface area contributed by atoms with Gasteiger partial charge in [0.2, 0.25) is 0 Å². The van der Waals surface area contributed by atoms with Crippen LogP contribution in [0.3, 0.4) is 0 Å². The lowest BCUT2D eigenvalue weighted by molar-refractivity contribution is 0.244. The SMILES string of the molecule is CCCCCCCC1CCCCCCC/N=C2/CCCCN21. The molecule has 0 radical (unpaired) electrons. The van der Waals surface area contributed by atoms with E-state index in [0.29, 0.717) is 0 Å². The zero-order valence-corrected chi connectivity index (χ0v) is 15.0. The number of fused-ring (bicyclic) bond motifs is 1. The Bertz CT molecular complexity index is 311. The topological polar surface area (TPSA) is 15.6 Å². The molecule has 0 aromatic rings. The molecule has 2 nitrogen and oxygen atoms in total. The van der Waals surface area contributed by atoms with Gasteiger partial charge in [0.1, 0.15) is 0 Å². The van der Waals surface area contributed by atoms with Crippen LogP contribution in [0.25, 0.3) is 0 Å². The zero-order chi connectivity index (χ0) is 15.5. The summed E-state index contributed by atoms with van der Waals surface area (Å²) >= 11 is 0. The van der Waals surface area contributed by atoms with Crippen LogP contribution in [-0.4, -0.2) is 29.9 Å². The summed E-state index contributed by atoms with van der Waals surface area (Å²) in [7, 11) is 0. The Balaban J connectivity index is 1.90. The quantitative estimate of drug-likeness (QED) is 0.553. The number of amidine groups is 1. The molecule has 1 unspecified atom stereocenters. The fourth-order valence-corrected chi connectivity index (χ4v) is 4.07. The van der Waals surface area contributed by atoms with E-state index in [2.05, 4.69) is 11.8 Å². The van der Waals surface area contributed by atoms with E-state index in [-0.39, 0.29) is 0 Å². The molecule has 0 N–H and O–H groups in total. The number of hydrogen-bond acceptors (Lipinski definition) is 2. The van der Waals surface area contributed by atoms with Crippen molar-refractivity contribution < 1.29 is 0 Å². The number of nitrogens with zero attached hydrogens (tertiary/aromatic N) is 2. The number of hydrogen-bond donors (Lipinski definition) is 0. The molecule has 22 heavy (non-hydrogen) atoms. The average Bonchev–Trinajstić information content (AvgIpc) is 2.59. The second kappa shape index (κ2) is 11.1. The lowest BCUT2D eigenvalue weighted by Crippen LogP contribution is -2.43. The maximum atomic E-state index is 5.00. The fourth-order valence-electron chi connectivity index (χ4n) is 4.07. The molecule has 1 fully saturated rings. The van der Waals surface area contributed by atoms with Gasteiger partial charge in [-0.15, -0.1) is 0 Å². The van der Waals surface area contributed by atoms with E-state index < -0.39 is 0 Å². The van der Waals surface area contributed by atoms with Crippen molar-refractivity contribution >= 4 is 5.84 Å². The first-order valence-corrected chi connectivity index (χ1v) is 10.2. The summed E-state index contributed by atoms with van der Waals surface area (Å²) in [5, 5.41) is 0. The van der Waals surface area contributed by atoms with E-state index in [1.54, 1.807) is 0 Å². The highest BCUT2D eigenvalue weighted by molar-refractivity contribution is 5.83. The third kappa shape index (κ3) is 6.30. The molecular weight excluding hydrogens is 268 g/mol. The molecule has 2 aliphatic heterocycles. The molecule has 2 rings (SSSR count). The predicted octanol–water partition coefficient (Wildman–Crippen LogP) is 5.95. The summed E-state index contributed by atoms with van der Waals surface area (Å²) in [4.78, 5) is 7.73. The summed E-state index contributed by atoms with van der Waals surface area (Å²) in [6, 6.07) is 0.791. The molecule has 0 bridgehead atoms. The molecule has 1 atom stereocenters. The van der Waals surface area contributed by atoms with Gasteiger partial charge in [-0.1, -0.05) is 64.7 Å². The van der Waals surface area contributed by atoms with Crippen LogP contribution in [0, 0.1) is 0 Å². The Morgan fingerprint density at radius 2 is 1.73 bits per heavy atom. The number of rotatable bonds is 6. The monoisotopic (exact) mass is 306 g/mol. The van der Waals surface area contributed by atoms with Crippen LogP contribution in [0.2, 0.25) is 0 Å². The number of unbranched alkanes of at least 4 members (excludes halogenated alkanes) is 4. The molecule has 0 aromatic heterocycles. The van der Waals surface area contributed by atoms with Gasteiger partial charge < -0.3 is 4.90 Å². The van der Waals surface area contributed by atoms with Crippen LogP contribution >= 0.6 is 0 Å². The Kier molecular flexibility index (Phi) is 8.97. The van der Waals surface area contributed by atoms with Gasteiger partial charge in [-0.25, -0.2) is 0 Å². The minimum Gasteiger partial charge on any atom is -0.357 e. The summed E-state index contributed by atoms with van der Waals surface area (Å²) in [5.41, 5.74) is 0. The first kappa shape index (κ1) is 17.8. The van der Waals surface area contributed by atoms with Crippen LogP contribution in [0.15, 0.2) is 4.99 Å². The Morgan fingerprint density at radius 1 is 0.909 bits per heavy atom. The van der Waals surface area contributed by atoms with E-state index in [9.17, 15) is 0 Å². The second-order valence-electron chi connectivity index (χ2n) is 7.36. The Morgan fingerprint density at radius 3 is 2.64 bits per heavy atom. The van der Waals surface area contributed by atoms with Gasteiger partial charge in [0, 0.05) is 25.6 Å². The highest BCUT2D eigenvalue weighted by atomic mass is 15.2.